The van der Waals surface area contributed by atoms with E-state index < -0.39 is 0 Å². The van der Waals surface area contributed by atoms with Crippen molar-refractivity contribution in [2.75, 3.05) is 21.3 Å². The highest BCUT2D eigenvalue weighted by molar-refractivity contribution is 9.10. The molecule has 1 N–H and O–H groups in total. The Morgan fingerprint density at radius 3 is 2.05 bits per heavy atom. The largest absolute Gasteiger partial charge is 0.496 e. The van der Waals surface area contributed by atoms with Crippen LogP contribution in [-0.4, -0.2) is 21.3 Å². The van der Waals surface area contributed by atoms with Crippen LogP contribution in [0.25, 0.3) is 0 Å². The van der Waals surface area contributed by atoms with Gasteiger partial charge in [0.25, 0.3) is 0 Å². The maximum Gasteiger partial charge on any atom is 0.133 e. The lowest BCUT2D eigenvalue weighted by atomic mass is 9.85. The summed E-state index contributed by atoms with van der Waals surface area (Å²) in [6, 6.07) is 4.36. The minimum atomic E-state index is 0.279. The average molecular weight is 358 g/mol. The maximum atomic E-state index is 5.59. The van der Waals surface area contributed by atoms with Crippen LogP contribution in [0, 0.1) is 5.92 Å². The molecule has 0 aromatic heterocycles. The smallest absolute Gasteiger partial charge is 0.133 e. The minimum absolute atomic E-state index is 0.279. The van der Waals surface area contributed by atoms with Crippen molar-refractivity contribution < 1.29 is 9.47 Å². The van der Waals surface area contributed by atoms with E-state index in [0.29, 0.717) is 5.92 Å². The van der Waals surface area contributed by atoms with Gasteiger partial charge in [-0.3, -0.25) is 0 Å². The lowest BCUT2D eigenvalue weighted by Gasteiger charge is -2.28. The summed E-state index contributed by atoms with van der Waals surface area (Å²) in [6.45, 7) is 4.49. The molecule has 0 aliphatic rings. The predicted octanol–water partition coefficient (Wildman–Crippen LogP) is 4.94. The molecule has 0 saturated carbocycles. The molecule has 3 nitrogen and oxygen atoms in total. The summed E-state index contributed by atoms with van der Waals surface area (Å²) < 4.78 is 12.0. The first-order valence-corrected chi connectivity index (χ1v) is 8.50. The third-order valence-corrected chi connectivity index (χ3v) is 4.56. The van der Waals surface area contributed by atoms with Gasteiger partial charge in [0.05, 0.1) is 18.7 Å². The van der Waals surface area contributed by atoms with Gasteiger partial charge in [0.1, 0.15) is 11.5 Å². The van der Waals surface area contributed by atoms with Gasteiger partial charge >= 0.3 is 0 Å². The number of hydrogen-bond acceptors (Lipinski definition) is 3. The predicted molar refractivity (Wildman–Crippen MR) is 92.4 cm³/mol. The van der Waals surface area contributed by atoms with Crippen molar-refractivity contribution in [3.8, 4) is 11.5 Å². The summed E-state index contributed by atoms with van der Waals surface area (Å²) in [5.41, 5.74) is 1.17. The van der Waals surface area contributed by atoms with E-state index in [-0.39, 0.29) is 6.04 Å². The fourth-order valence-electron chi connectivity index (χ4n) is 2.99. The molecule has 0 bridgehead atoms. The molecule has 0 aliphatic heterocycles. The molecule has 0 fully saturated rings. The highest BCUT2D eigenvalue weighted by Crippen LogP contribution is 2.40. The molecule has 21 heavy (non-hydrogen) atoms. The van der Waals surface area contributed by atoms with Gasteiger partial charge in [0, 0.05) is 11.6 Å². The van der Waals surface area contributed by atoms with Crippen LogP contribution in [-0.2, 0) is 0 Å². The highest BCUT2D eigenvalue weighted by atomic mass is 79.9. The fourth-order valence-corrected chi connectivity index (χ4v) is 3.48. The maximum absolute atomic E-state index is 5.59. The third-order valence-electron chi connectivity index (χ3n) is 3.94. The van der Waals surface area contributed by atoms with Gasteiger partial charge in [-0.2, -0.15) is 0 Å². The second kappa shape index (κ2) is 9.31. The molecule has 120 valence electrons. The molecule has 0 spiro atoms. The average Bonchev–Trinajstić information content (AvgIpc) is 2.49. The Morgan fingerprint density at radius 2 is 1.62 bits per heavy atom. The summed E-state index contributed by atoms with van der Waals surface area (Å²) in [4.78, 5) is 0. The van der Waals surface area contributed by atoms with E-state index in [4.69, 9.17) is 9.47 Å². The Kier molecular flexibility index (Phi) is 8.12. The van der Waals surface area contributed by atoms with Crippen LogP contribution in [0.4, 0.5) is 0 Å². The normalized spacial score (nSPS) is 12.5. The van der Waals surface area contributed by atoms with Gasteiger partial charge in [-0.25, -0.2) is 0 Å². The lowest BCUT2D eigenvalue weighted by molar-refractivity contribution is 0.316. The SMILES string of the molecule is CCCC(CCC)C(NC)c1cc(OC)c(Br)cc1OC. The number of benzene rings is 1. The second-order valence-corrected chi connectivity index (χ2v) is 6.19. The van der Waals surface area contributed by atoms with Gasteiger partial charge in [-0.1, -0.05) is 26.7 Å². The van der Waals surface area contributed by atoms with Crippen LogP contribution in [0.5, 0.6) is 11.5 Å². The van der Waals surface area contributed by atoms with E-state index >= 15 is 0 Å². The first-order chi connectivity index (χ1) is 10.1. The molecule has 1 unspecified atom stereocenters. The van der Waals surface area contributed by atoms with Crippen LogP contribution in [0.3, 0.4) is 0 Å². The van der Waals surface area contributed by atoms with Crippen molar-refractivity contribution in [1.29, 1.82) is 0 Å². The first-order valence-electron chi connectivity index (χ1n) is 7.71. The van der Waals surface area contributed by atoms with Gasteiger partial charge in [0.2, 0.25) is 0 Å². The topological polar surface area (TPSA) is 30.5 Å². The fraction of sp³-hybridized carbons (Fsp3) is 0.647. The zero-order valence-corrected chi connectivity index (χ0v) is 15.4. The number of halogens is 1. The van der Waals surface area contributed by atoms with Crippen molar-refractivity contribution in [3.63, 3.8) is 0 Å². The standard InChI is InChI=1S/C17H28BrNO2/c1-6-8-12(9-7-2)17(19-3)13-10-16(21-5)14(18)11-15(13)20-4/h10-12,17,19H,6-9H2,1-5H3. The Balaban J connectivity index is 3.23. The molecule has 0 amide bonds. The first kappa shape index (κ1) is 18.3. The van der Waals surface area contributed by atoms with Crippen LogP contribution < -0.4 is 14.8 Å². The zero-order valence-electron chi connectivity index (χ0n) is 13.8. The molecular formula is C17H28BrNO2. The molecule has 0 radical (unpaired) electrons. The number of hydrogen-bond donors (Lipinski definition) is 1. The molecule has 0 heterocycles. The van der Waals surface area contributed by atoms with Crippen molar-refractivity contribution in [1.82, 2.24) is 5.32 Å². The van der Waals surface area contributed by atoms with Gasteiger partial charge in [-0.05, 0) is 53.9 Å². The molecular weight excluding hydrogens is 330 g/mol. The summed E-state index contributed by atoms with van der Waals surface area (Å²) in [5, 5.41) is 3.48. The Morgan fingerprint density at radius 1 is 1.05 bits per heavy atom. The minimum Gasteiger partial charge on any atom is -0.496 e. The summed E-state index contributed by atoms with van der Waals surface area (Å²) in [7, 11) is 5.44. The van der Waals surface area contributed by atoms with E-state index in [1.807, 2.05) is 13.1 Å². The summed E-state index contributed by atoms with van der Waals surface area (Å²) in [5.74, 6) is 2.35. The molecule has 0 saturated heterocycles. The molecule has 1 rings (SSSR count). The van der Waals surface area contributed by atoms with E-state index in [9.17, 15) is 0 Å². The van der Waals surface area contributed by atoms with Gasteiger partial charge in [-0.15, -0.1) is 0 Å². The Bertz CT molecular complexity index is 431. The monoisotopic (exact) mass is 357 g/mol. The van der Waals surface area contributed by atoms with Crippen LogP contribution >= 0.6 is 15.9 Å². The quantitative estimate of drug-likeness (QED) is 0.678. The number of rotatable bonds is 9. The summed E-state index contributed by atoms with van der Waals surface area (Å²) >= 11 is 3.53. The summed E-state index contributed by atoms with van der Waals surface area (Å²) in [6.07, 6.45) is 4.80. The van der Waals surface area contributed by atoms with Crippen molar-refractivity contribution >= 4 is 15.9 Å². The Labute approximate surface area is 137 Å². The lowest BCUT2D eigenvalue weighted by Crippen LogP contribution is -2.26. The van der Waals surface area contributed by atoms with Crippen LogP contribution in [0.2, 0.25) is 0 Å². The zero-order chi connectivity index (χ0) is 15.8. The highest BCUT2D eigenvalue weighted by Gasteiger charge is 2.24. The van der Waals surface area contributed by atoms with E-state index in [2.05, 4.69) is 41.2 Å². The van der Waals surface area contributed by atoms with Crippen molar-refractivity contribution in [3.05, 3.63) is 22.2 Å². The molecule has 1 aromatic carbocycles. The van der Waals surface area contributed by atoms with E-state index in [1.54, 1.807) is 14.2 Å². The molecule has 4 heteroatoms. The van der Waals surface area contributed by atoms with Gasteiger partial charge < -0.3 is 14.8 Å². The number of methoxy groups -OCH3 is 2. The van der Waals surface area contributed by atoms with Crippen LogP contribution in [0.15, 0.2) is 16.6 Å². The van der Waals surface area contributed by atoms with Crippen molar-refractivity contribution in [2.24, 2.45) is 5.92 Å². The van der Waals surface area contributed by atoms with E-state index in [0.717, 1.165) is 16.0 Å². The number of nitrogens with one attached hydrogen (secondary N) is 1. The van der Waals surface area contributed by atoms with E-state index in [1.165, 1.54) is 31.2 Å². The van der Waals surface area contributed by atoms with Crippen LogP contribution in [0.1, 0.15) is 51.1 Å². The molecule has 0 aliphatic carbocycles. The molecule has 1 aromatic rings. The van der Waals surface area contributed by atoms with Gasteiger partial charge in [0.15, 0.2) is 0 Å². The second-order valence-electron chi connectivity index (χ2n) is 5.33. The third kappa shape index (κ3) is 4.62. The molecule has 1 atom stereocenters. The van der Waals surface area contributed by atoms with Crippen molar-refractivity contribution in [2.45, 2.75) is 45.6 Å². The Hall–Kier alpha value is -0.740. The number of ether oxygens (including phenoxy) is 2.